The van der Waals surface area contributed by atoms with Crippen LogP contribution in [0.5, 0.6) is 11.5 Å². The third-order valence-electron chi connectivity index (χ3n) is 4.18. The molecular weight excluding hydrogens is 374 g/mol. The van der Waals surface area contributed by atoms with E-state index in [1.807, 2.05) is 48.7 Å². The lowest BCUT2D eigenvalue weighted by Crippen LogP contribution is -2.12. The first-order valence-corrected chi connectivity index (χ1v) is 9.69. The molecule has 0 saturated heterocycles. The van der Waals surface area contributed by atoms with Crippen molar-refractivity contribution in [2.75, 3.05) is 13.7 Å². The van der Waals surface area contributed by atoms with Gasteiger partial charge in [0.15, 0.2) is 17.3 Å². The van der Waals surface area contributed by atoms with Crippen LogP contribution in [0.1, 0.15) is 12.5 Å². The van der Waals surface area contributed by atoms with E-state index in [9.17, 15) is 5.11 Å². The van der Waals surface area contributed by atoms with E-state index in [4.69, 9.17) is 9.15 Å². The number of nitrogens with zero attached hydrogens (tertiary/aromatic N) is 3. The van der Waals surface area contributed by atoms with Crippen LogP contribution in [0.25, 0.3) is 22.4 Å². The van der Waals surface area contributed by atoms with Crippen LogP contribution < -0.4 is 9.54 Å². The Balaban J connectivity index is 1.78. The van der Waals surface area contributed by atoms with Gasteiger partial charge in [-0.15, -0.1) is 11.3 Å². The number of aromatic hydroxyl groups is 1. The van der Waals surface area contributed by atoms with Crippen LogP contribution in [-0.4, -0.2) is 29.7 Å². The summed E-state index contributed by atoms with van der Waals surface area (Å²) in [5, 5.41) is 17.6. The molecule has 2 aromatic heterocycles. The quantitative estimate of drug-likeness (QED) is 0.508. The van der Waals surface area contributed by atoms with Crippen LogP contribution in [0.3, 0.4) is 0 Å². The first kappa shape index (κ1) is 18.1. The molecule has 0 fully saturated rings. The zero-order valence-electron chi connectivity index (χ0n) is 15.5. The molecule has 7 heteroatoms. The van der Waals surface area contributed by atoms with Crippen molar-refractivity contribution in [1.29, 1.82) is 0 Å². The number of para-hydroxylation sites is 1. The Kier molecular flexibility index (Phi) is 4.99. The summed E-state index contributed by atoms with van der Waals surface area (Å²) in [5.41, 5.74) is 2.39. The molecule has 0 radical (unpaired) electrons. The van der Waals surface area contributed by atoms with Crippen LogP contribution >= 0.6 is 11.3 Å². The number of phenolic OH excluding ortho intramolecular Hbond substituents is 1. The molecule has 1 N–H and O–H groups in total. The molecule has 0 unspecified atom stereocenters. The van der Waals surface area contributed by atoms with Crippen LogP contribution in [0, 0.1) is 0 Å². The van der Waals surface area contributed by atoms with E-state index in [2.05, 4.69) is 10.1 Å². The highest BCUT2D eigenvalue weighted by atomic mass is 32.1. The minimum Gasteiger partial charge on any atom is -0.504 e. The molecule has 2 heterocycles. The number of fused-ring (bicyclic) bond motifs is 1. The highest BCUT2D eigenvalue weighted by molar-refractivity contribution is 7.07. The summed E-state index contributed by atoms with van der Waals surface area (Å²) in [6.07, 6.45) is 1.67. The first-order valence-electron chi connectivity index (χ1n) is 8.81. The van der Waals surface area contributed by atoms with Gasteiger partial charge in [-0.05, 0) is 42.8 Å². The van der Waals surface area contributed by atoms with Crippen molar-refractivity contribution in [3.05, 3.63) is 64.3 Å². The summed E-state index contributed by atoms with van der Waals surface area (Å²) in [6.45, 7) is 2.63. The summed E-state index contributed by atoms with van der Waals surface area (Å²) >= 11 is 1.50. The largest absolute Gasteiger partial charge is 0.504 e. The second kappa shape index (κ2) is 7.74. The van der Waals surface area contributed by atoms with E-state index in [0.29, 0.717) is 12.3 Å². The van der Waals surface area contributed by atoms with Gasteiger partial charge in [0.1, 0.15) is 11.3 Å². The summed E-state index contributed by atoms with van der Waals surface area (Å²) in [6, 6.07) is 15.0. The molecule has 4 aromatic rings. The number of hydrogen-bond donors (Lipinski definition) is 1. The van der Waals surface area contributed by atoms with Crippen molar-refractivity contribution in [2.45, 2.75) is 6.92 Å². The second-order valence-corrected chi connectivity index (χ2v) is 6.85. The summed E-state index contributed by atoms with van der Waals surface area (Å²) in [4.78, 5) is 5.29. The van der Waals surface area contributed by atoms with Gasteiger partial charge in [0.25, 0.3) is 0 Å². The fraction of sp³-hybridized carbons (Fsp3) is 0.143. The normalized spacial score (nSPS) is 12.3. The predicted molar refractivity (Wildman–Crippen MR) is 111 cm³/mol. The molecule has 2 aromatic carbocycles. The Morgan fingerprint density at radius 3 is 2.82 bits per heavy atom. The molecule has 4 rings (SSSR count). The fourth-order valence-corrected chi connectivity index (χ4v) is 3.73. The zero-order valence-corrected chi connectivity index (χ0v) is 16.3. The standard InChI is InChI=1S/C21H19N3O3S/c1-3-22-21-24(23-12-14-8-9-19(26-2)17(25)10-14)16(13-28-21)20-11-15-6-4-5-7-18(15)27-20/h4-13,25H,3H2,1-2H3. The SMILES string of the molecule is CCN=c1scc(-c2cc3ccccc3o2)n1N=Cc1ccc(OC)c(O)c1. The van der Waals surface area contributed by atoms with E-state index in [1.165, 1.54) is 18.4 Å². The minimum atomic E-state index is 0.0674. The van der Waals surface area contributed by atoms with Crippen molar-refractivity contribution in [1.82, 2.24) is 4.68 Å². The Hall–Kier alpha value is -3.32. The molecular formula is C21H19N3O3S. The maximum absolute atomic E-state index is 9.98. The molecule has 28 heavy (non-hydrogen) atoms. The lowest BCUT2D eigenvalue weighted by molar-refractivity contribution is 0.373. The number of thiazole rings is 1. The highest BCUT2D eigenvalue weighted by Gasteiger charge is 2.12. The van der Waals surface area contributed by atoms with Crippen LogP contribution in [0.2, 0.25) is 0 Å². The number of phenols is 1. The Morgan fingerprint density at radius 1 is 1.21 bits per heavy atom. The predicted octanol–water partition coefficient (Wildman–Crippen LogP) is 4.48. The van der Waals surface area contributed by atoms with Gasteiger partial charge < -0.3 is 14.3 Å². The third kappa shape index (κ3) is 3.44. The number of furan rings is 1. The molecule has 0 atom stereocenters. The molecule has 142 valence electrons. The molecule has 0 aliphatic heterocycles. The summed E-state index contributed by atoms with van der Waals surface area (Å²) < 4.78 is 12.8. The fourth-order valence-electron chi connectivity index (χ4n) is 2.84. The smallest absolute Gasteiger partial charge is 0.206 e. The number of rotatable bonds is 5. The van der Waals surface area contributed by atoms with Gasteiger partial charge in [-0.2, -0.15) is 5.10 Å². The molecule has 0 spiro atoms. The van der Waals surface area contributed by atoms with Gasteiger partial charge in [0, 0.05) is 17.3 Å². The molecule has 0 saturated carbocycles. The Morgan fingerprint density at radius 2 is 2.07 bits per heavy atom. The first-order chi connectivity index (χ1) is 13.7. The van der Waals surface area contributed by atoms with Crippen LogP contribution in [-0.2, 0) is 0 Å². The third-order valence-corrected chi connectivity index (χ3v) is 5.04. The van der Waals surface area contributed by atoms with Gasteiger partial charge in [0.2, 0.25) is 4.80 Å². The monoisotopic (exact) mass is 393 g/mol. The van der Waals surface area contributed by atoms with Gasteiger partial charge in [-0.3, -0.25) is 4.99 Å². The van der Waals surface area contributed by atoms with Gasteiger partial charge in [-0.1, -0.05) is 18.2 Å². The summed E-state index contributed by atoms with van der Waals surface area (Å²) in [5.74, 6) is 1.22. The van der Waals surface area contributed by atoms with Crippen molar-refractivity contribution in [2.24, 2.45) is 10.1 Å². The van der Waals surface area contributed by atoms with Crippen molar-refractivity contribution in [3.63, 3.8) is 0 Å². The molecule has 0 amide bonds. The van der Waals surface area contributed by atoms with Crippen molar-refractivity contribution in [3.8, 4) is 23.0 Å². The van der Waals surface area contributed by atoms with Crippen molar-refractivity contribution >= 4 is 28.5 Å². The van der Waals surface area contributed by atoms with E-state index in [0.717, 1.165) is 32.8 Å². The maximum Gasteiger partial charge on any atom is 0.206 e. The van der Waals surface area contributed by atoms with Crippen LogP contribution in [0.4, 0.5) is 0 Å². The second-order valence-electron chi connectivity index (χ2n) is 6.01. The lowest BCUT2D eigenvalue weighted by atomic mass is 10.2. The minimum absolute atomic E-state index is 0.0674. The molecule has 0 aliphatic rings. The summed E-state index contributed by atoms with van der Waals surface area (Å²) in [7, 11) is 1.52. The zero-order chi connectivity index (χ0) is 19.5. The Bertz CT molecular complexity index is 1180. The molecule has 0 bridgehead atoms. The molecule has 0 aliphatic carbocycles. The lowest BCUT2D eigenvalue weighted by Gasteiger charge is -2.04. The van der Waals surface area contributed by atoms with Crippen molar-refractivity contribution < 1.29 is 14.3 Å². The van der Waals surface area contributed by atoms with E-state index in [-0.39, 0.29) is 5.75 Å². The van der Waals surface area contributed by atoms with Gasteiger partial charge in [0.05, 0.1) is 13.3 Å². The Labute approximate surface area is 165 Å². The van der Waals surface area contributed by atoms with E-state index < -0.39 is 0 Å². The number of methoxy groups -OCH3 is 1. The highest BCUT2D eigenvalue weighted by Crippen LogP contribution is 2.28. The van der Waals surface area contributed by atoms with Gasteiger partial charge in [-0.25, -0.2) is 4.68 Å². The number of hydrogen-bond acceptors (Lipinski definition) is 6. The average Bonchev–Trinajstić information content (AvgIpc) is 3.30. The number of ether oxygens (including phenoxy) is 1. The topological polar surface area (TPSA) is 72.2 Å². The van der Waals surface area contributed by atoms with E-state index >= 15 is 0 Å². The van der Waals surface area contributed by atoms with E-state index in [1.54, 1.807) is 23.0 Å². The van der Waals surface area contributed by atoms with Gasteiger partial charge >= 0.3 is 0 Å². The average molecular weight is 393 g/mol. The number of aromatic nitrogens is 1. The van der Waals surface area contributed by atoms with Crippen LogP contribution in [0.15, 0.2) is 68.4 Å². The maximum atomic E-state index is 9.98. The molecule has 6 nitrogen and oxygen atoms in total. The number of benzene rings is 2.